The number of benzene rings is 1. The Morgan fingerprint density at radius 2 is 1.60 bits per heavy atom. The monoisotopic (exact) mass is 408 g/mol. The molecule has 0 N–H and O–H groups in total. The first-order valence-electron chi connectivity index (χ1n) is 11.2. The van der Waals surface area contributed by atoms with Crippen molar-refractivity contribution in [3.05, 3.63) is 52.5 Å². The first-order valence-corrected chi connectivity index (χ1v) is 11.2. The number of amides is 1. The van der Waals surface area contributed by atoms with E-state index in [9.17, 15) is 4.79 Å². The molecule has 0 unspecified atom stereocenters. The summed E-state index contributed by atoms with van der Waals surface area (Å²) in [6.45, 7) is 15.8. The second kappa shape index (κ2) is 9.59. The summed E-state index contributed by atoms with van der Waals surface area (Å²) < 4.78 is 0. The summed E-state index contributed by atoms with van der Waals surface area (Å²) in [4.78, 5) is 26.6. The van der Waals surface area contributed by atoms with Crippen LogP contribution in [0.3, 0.4) is 0 Å². The lowest BCUT2D eigenvalue weighted by Gasteiger charge is -2.37. The molecule has 30 heavy (non-hydrogen) atoms. The minimum Gasteiger partial charge on any atom is -0.353 e. The molecule has 0 spiro atoms. The van der Waals surface area contributed by atoms with Crippen LogP contribution in [0, 0.1) is 19.8 Å². The van der Waals surface area contributed by atoms with Crippen molar-refractivity contribution in [2.45, 2.75) is 60.3 Å². The Bertz CT molecular complexity index is 865. The maximum Gasteiger partial charge on any atom is 0.222 e. The van der Waals surface area contributed by atoms with Gasteiger partial charge in [0.25, 0.3) is 0 Å². The average molecular weight is 409 g/mol. The molecule has 2 heterocycles. The van der Waals surface area contributed by atoms with Crippen LogP contribution >= 0.6 is 0 Å². The smallest absolute Gasteiger partial charge is 0.222 e. The number of piperazine rings is 1. The van der Waals surface area contributed by atoms with E-state index in [0.29, 0.717) is 12.3 Å². The molecule has 1 fully saturated rings. The molecular weight excluding hydrogens is 372 g/mol. The molecular formula is C25H36N4O. The quantitative estimate of drug-likeness (QED) is 0.706. The van der Waals surface area contributed by atoms with Gasteiger partial charge in [0.05, 0.1) is 0 Å². The van der Waals surface area contributed by atoms with Gasteiger partial charge in [-0.15, -0.1) is 0 Å². The van der Waals surface area contributed by atoms with Crippen molar-refractivity contribution in [3.63, 3.8) is 0 Å². The van der Waals surface area contributed by atoms with E-state index < -0.39 is 0 Å². The van der Waals surface area contributed by atoms with Crippen LogP contribution in [0.4, 0.5) is 5.82 Å². The van der Waals surface area contributed by atoms with Crippen LogP contribution in [-0.4, -0.2) is 47.0 Å². The Morgan fingerprint density at radius 1 is 0.967 bits per heavy atom. The standard InChI is InChI=1S/C25H36N4O/c1-17(2)15-23(30)28-11-13-29(14-12-28)25-22(16-21-9-7-19(5)8-10-21)20(6)26-24(27-25)18(3)4/h7-10,17-18H,11-16H2,1-6H3. The van der Waals surface area contributed by atoms with Gasteiger partial charge in [-0.05, 0) is 25.3 Å². The summed E-state index contributed by atoms with van der Waals surface area (Å²) in [6.07, 6.45) is 1.45. The Balaban J connectivity index is 1.85. The highest BCUT2D eigenvalue weighted by Gasteiger charge is 2.25. The van der Waals surface area contributed by atoms with Gasteiger partial charge < -0.3 is 9.80 Å². The summed E-state index contributed by atoms with van der Waals surface area (Å²) in [5.41, 5.74) is 4.80. The molecule has 1 aliphatic rings. The summed E-state index contributed by atoms with van der Waals surface area (Å²) >= 11 is 0. The molecule has 0 aliphatic carbocycles. The van der Waals surface area contributed by atoms with E-state index in [-0.39, 0.29) is 11.8 Å². The Morgan fingerprint density at radius 3 is 2.17 bits per heavy atom. The van der Waals surface area contributed by atoms with Crippen molar-refractivity contribution >= 4 is 11.7 Å². The fraction of sp³-hybridized carbons (Fsp3) is 0.560. The number of anilines is 1. The summed E-state index contributed by atoms with van der Waals surface area (Å²) in [6, 6.07) is 8.70. The summed E-state index contributed by atoms with van der Waals surface area (Å²) in [5.74, 6) is 2.89. The molecule has 3 rings (SSSR count). The van der Waals surface area contributed by atoms with Gasteiger partial charge in [-0.1, -0.05) is 57.5 Å². The van der Waals surface area contributed by atoms with E-state index in [1.165, 1.54) is 16.7 Å². The zero-order chi connectivity index (χ0) is 21.8. The zero-order valence-corrected chi connectivity index (χ0v) is 19.4. The summed E-state index contributed by atoms with van der Waals surface area (Å²) in [7, 11) is 0. The van der Waals surface area contributed by atoms with E-state index in [1.54, 1.807) is 0 Å². The van der Waals surface area contributed by atoms with E-state index >= 15 is 0 Å². The van der Waals surface area contributed by atoms with Gasteiger partial charge in [-0.2, -0.15) is 0 Å². The molecule has 1 saturated heterocycles. The van der Waals surface area contributed by atoms with Gasteiger partial charge in [0.2, 0.25) is 5.91 Å². The number of rotatable bonds is 6. The fourth-order valence-corrected chi connectivity index (χ4v) is 3.88. The first-order chi connectivity index (χ1) is 14.2. The van der Waals surface area contributed by atoms with Crippen molar-refractivity contribution in [1.29, 1.82) is 0 Å². The van der Waals surface area contributed by atoms with Crippen LogP contribution in [-0.2, 0) is 11.2 Å². The van der Waals surface area contributed by atoms with Crippen molar-refractivity contribution in [3.8, 4) is 0 Å². The van der Waals surface area contributed by atoms with Crippen molar-refractivity contribution in [2.75, 3.05) is 31.1 Å². The Hall–Kier alpha value is -2.43. The first kappa shape index (κ1) is 22.3. The molecule has 1 amide bonds. The fourth-order valence-electron chi connectivity index (χ4n) is 3.88. The molecule has 162 valence electrons. The number of aromatic nitrogens is 2. The maximum atomic E-state index is 12.5. The third kappa shape index (κ3) is 5.38. The van der Waals surface area contributed by atoms with E-state index in [1.807, 2.05) is 4.90 Å². The average Bonchev–Trinajstić information content (AvgIpc) is 2.70. The van der Waals surface area contributed by atoms with Gasteiger partial charge in [0, 0.05) is 56.2 Å². The minimum atomic E-state index is 0.270. The number of carbonyl (C=O) groups is 1. The molecule has 5 heteroatoms. The highest BCUT2D eigenvalue weighted by Crippen LogP contribution is 2.27. The second-order valence-corrected chi connectivity index (χ2v) is 9.25. The third-order valence-corrected chi connectivity index (χ3v) is 5.74. The molecule has 5 nitrogen and oxygen atoms in total. The molecule has 1 aromatic carbocycles. The van der Waals surface area contributed by atoms with Crippen molar-refractivity contribution in [1.82, 2.24) is 14.9 Å². The number of aryl methyl sites for hydroxylation is 2. The Labute approximate surface area is 181 Å². The zero-order valence-electron chi connectivity index (χ0n) is 19.4. The van der Waals surface area contributed by atoms with Gasteiger partial charge in [-0.3, -0.25) is 4.79 Å². The number of carbonyl (C=O) groups excluding carboxylic acids is 1. The van der Waals surface area contributed by atoms with Gasteiger partial charge in [0.1, 0.15) is 11.6 Å². The third-order valence-electron chi connectivity index (χ3n) is 5.74. The number of nitrogens with zero attached hydrogens (tertiary/aromatic N) is 4. The lowest BCUT2D eigenvalue weighted by molar-refractivity contribution is -0.132. The van der Waals surface area contributed by atoms with E-state index in [0.717, 1.165) is 49.9 Å². The van der Waals surface area contributed by atoms with Crippen LogP contribution in [0.1, 0.15) is 68.2 Å². The number of hydrogen-bond donors (Lipinski definition) is 0. The minimum absolute atomic E-state index is 0.270. The van der Waals surface area contributed by atoms with Crippen LogP contribution in [0.15, 0.2) is 24.3 Å². The maximum absolute atomic E-state index is 12.5. The summed E-state index contributed by atoms with van der Waals surface area (Å²) in [5, 5.41) is 0. The molecule has 0 radical (unpaired) electrons. The van der Waals surface area contributed by atoms with Crippen LogP contribution in [0.5, 0.6) is 0 Å². The van der Waals surface area contributed by atoms with Crippen LogP contribution in [0.25, 0.3) is 0 Å². The Kier molecular flexibility index (Phi) is 7.11. The highest BCUT2D eigenvalue weighted by atomic mass is 16.2. The molecule has 0 saturated carbocycles. The topological polar surface area (TPSA) is 49.3 Å². The second-order valence-electron chi connectivity index (χ2n) is 9.25. The molecule has 0 atom stereocenters. The normalized spacial score (nSPS) is 14.7. The van der Waals surface area contributed by atoms with Crippen LogP contribution in [0.2, 0.25) is 0 Å². The van der Waals surface area contributed by atoms with E-state index in [2.05, 4.69) is 70.7 Å². The molecule has 1 aliphatic heterocycles. The van der Waals surface area contributed by atoms with Crippen LogP contribution < -0.4 is 4.90 Å². The van der Waals surface area contributed by atoms with Crippen molar-refractivity contribution < 1.29 is 4.79 Å². The van der Waals surface area contributed by atoms with Crippen molar-refractivity contribution in [2.24, 2.45) is 5.92 Å². The van der Waals surface area contributed by atoms with E-state index in [4.69, 9.17) is 9.97 Å². The molecule has 2 aromatic rings. The number of hydrogen-bond acceptors (Lipinski definition) is 4. The lowest BCUT2D eigenvalue weighted by atomic mass is 10.0. The molecule has 1 aromatic heterocycles. The highest BCUT2D eigenvalue weighted by molar-refractivity contribution is 5.76. The van der Waals surface area contributed by atoms with Gasteiger partial charge >= 0.3 is 0 Å². The van der Waals surface area contributed by atoms with Gasteiger partial charge in [0.15, 0.2) is 0 Å². The predicted molar refractivity (Wildman–Crippen MR) is 123 cm³/mol. The van der Waals surface area contributed by atoms with Gasteiger partial charge in [-0.25, -0.2) is 9.97 Å². The predicted octanol–water partition coefficient (Wildman–Crippen LogP) is 4.50. The lowest BCUT2D eigenvalue weighted by Crippen LogP contribution is -2.49. The molecule has 0 bridgehead atoms. The largest absolute Gasteiger partial charge is 0.353 e. The SMILES string of the molecule is Cc1ccc(Cc2c(C)nc(C(C)C)nc2N2CCN(C(=O)CC(C)C)CC2)cc1.